The molecule has 1 atom stereocenters. The Kier molecular flexibility index (Phi) is 2.52. The molecule has 3 nitrogen and oxygen atoms in total. The molecule has 1 unspecified atom stereocenters. The number of nitrogens with two attached hydrogens (primary N) is 1. The third-order valence-electron chi connectivity index (χ3n) is 3.55. The van der Waals surface area contributed by atoms with Crippen LogP contribution in [0.3, 0.4) is 0 Å². The minimum atomic E-state index is 0.0837. The lowest BCUT2D eigenvalue weighted by atomic mass is 9.78. The Morgan fingerprint density at radius 3 is 2.64 bits per heavy atom. The van der Waals surface area contributed by atoms with E-state index in [1.54, 1.807) is 0 Å². The summed E-state index contributed by atoms with van der Waals surface area (Å²) in [5.41, 5.74) is 5.98. The number of carbonyl (C=O) groups excluding carboxylic acids is 1. The van der Waals surface area contributed by atoms with E-state index < -0.39 is 0 Å². The Labute approximate surface area is 85.4 Å². The smallest absolute Gasteiger partial charge is 0.221 e. The fourth-order valence-corrected chi connectivity index (χ4v) is 2.12. The molecule has 0 aliphatic heterocycles. The minimum Gasteiger partial charge on any atom is -0.351 e. The van der Waals surface area contributed by atoms with Crippen LogP contribution in [0.25, 0.3) is 0 Å². The van der Waals surface area contributed by atoms with Crippen LogP contribution in [0.4, 0.5) is 0 Å². The zero-order valence-electron chi connectivity index (χ0n) is 8.88. The maximum atomic E-state index is 11.6. The van der Waals surface area contributed by atoms with Crippen LogP contribution in [-0.4, -0.2) is 17.5 Å². The Bertz CT molecular complexity index is 231. The van der Waals surface area contributed by atoms with Gasteiger partial charge in [-0.1, -0.05) is 0 Å². The summed E-state index contributed by atoms with van der Waals surface area (Å²) < 4.78 is 0. The van der Waals surface area contributed by atoms with E-state index in [0.29, 0.717) is 12.3 Å². The third-order valence-corrected chi connectivity index (χ3v) is 3.55. The van der Waals surface area contributed by atoms with Crippen LogP contribution in [0.2, 0.25) is 0 Å². The van der Waals surface area contributed by atoms with Crippen molar-refractivity contribution in [2.45, 2.75) is 57.0 Å². The number of amides is 1. The normalized spacial score (nSPS) is 26.4. The van der Waals surface area contributed by atoms with Crippen LogP contribution < -0.4 is 11.1 Å². The van der Waals surface area contributed by atoms with E-state index in [0.717, 1.165) is 12.8 Å². The first-order chi connectivity index (χ1) is 6.59. The molecule has 2 aliphatic rings. The first kappa shape index (κ1) is 9.97. The van der Waals surface area contributed by atoms with Crippen molar-refractivity contribution in [3.05, 3.63) is 0 Å². The lowest BCUT2D eigenvalue weighted by molar-refractivity contribution is -0.124. The molecule has 14 heavy (non-hydrogen) atoms. The summed E-state index contributed by atoms with van der Waals surface area (Å²) in [6.07, 6.45) is 6.43. The summed E-state index contributed by atoms with van der Waals surface area (Å²) >= 11 is 0. The van der Waals surface area contributed by atoms with E-state index in [1.165, 1.54) is 19.3 Å². The maximum Gasteiger partial charge on any atom is 0.221 e. The number of hydrogen-bond acceptors (Lipinski definition) is 2. The zero-order chi connectivity index (χ0) is 10.2. The second-order valence-electron chi connectivity index (χ2n) is 5.17. The van der Waals surface area contributed by atoms with Crippen LogP contribution in [0, 0.1) is 5.92 Å². The summed E-state index contributed by atoms with van der Waals surface area (Å²) in [7, 11) is 0. The predicted molar refractivity (Wildman–Crippen MR) is 55.7 cm³/mol. The van der Waals surface area contributed by atoms with Crippen molar-refractivity contribution in [3.8, 4) is 0 Å². The van der Waals surface area contributed by atoms with E-state index in [1.807, 2.05) is 0 Å². The molecule has 3 heteroatoms. The fraction of sp³-hybridized carbons (Fsp3) is 0.909. The van der Waals surface area contributed by atoms with Crippen molar-refractivity contribution >= 4 is 5.91 Å². The van der Waals surface area contributed by atoms with E-state index in [4.69, 9.17) is 5.73 Å². The lowest BCUT2D eigenvalue weighted by Gasteiger charge is -2.39. The quantitative estimate of drug-likeness (QED) is 0.709. The summed E-state index contributed by atoms with van der Waals surface area (Å²) in [5, 5.41) is 3.09. The van der Waals surface area contributed by atoms with Crippen LogP contribution in [0.5, 0.6) is 0 Å². The van der Waals surface area contributed by atoms with E-state index >= 15 is 0 Å². The fourth-order valence-electron chi connectivity index (χ4n) is 2.12. The molecule has 80 valence electrons. The molecule has 3 N–H and O–H groups in total. The number of nitrogens with one attached hydrogen (secondary N) is 1. The van der Waals surface area contributed by atoms with Crippen LogP contribution in [0.15, 0.2) is 0 Å². The molecule has 0 aromatic heterocycles. The highest BCUT2D eigenvalue weighted by Crippen LogP contribution is 2.34. The Hall–Kier alpha value is -0.570. The molecule has 0 bridgehead atoms. The van der Waals surface area contributed by atoms with Gasteiger partial charge in [0, 0.05) is 18.0 Å². The van der Waals surface area contributed by atoms with Crippen molar-refractivity contribution < 1.29 is 4.79 Å². The highest BCUT2D eigenvalue weighted by molar-refractivity contribution is 5.77. The molecular formula is C11H20N2O. The molecule has 1 amide bonds. The van der Waals surface area contributed by atoms with Gasteiger partial charge in [-0.05, 0) is 44.9 Å². The van der Waals surface area contributed by atoms with Crippen molar-refractivity contribution in [3.63, 3.8) is 0 Å². The van der Waals surface area contributed by atoms with Gasteiger partial charge in [-0.25, -0.2) is 0 Å². The summed E-state index contributed by atoms with van der Waals surface area (Å²) in [4.78, 5) is 11.6. The number of hydrogen-bond donors (Lipinski definition) is 2. The van der Waals surface area contributed by atoms with E-state index in [-0.39, 0.29) is 17.5 Å². The molecule has 0 spiro atoms. The topological polar surface area (TPSA) is 55.1 Å². The van der Waals surface area contributed by atoms with Crippen LogP contribution in [-0.2, 0) is 4.79 Å². The Balaban J connectivity index is 1.72. The number of rotatable bonds is 4. The Morgan fingerprint density at radius 2 is 2.21 bits per heavy atom. The van der Waals surface area contributed by atoms with Gasteiger partial charge in [-0.3, -0.25) is 4.79 Å². The largest absolute Gasteiger partial charge is 0.351 e. The number of carbonyl (C=O) groups is 1. The molecule has 0 saturated heterocycles. The van der Waals surface area contributed by atoms with Gasteiger partial charge in [0.1, 0.15) is 0 Å². The van der Waals surface area contributed by atoms with E-state index in [9.17, 15) is 4.79 Å². The monoisotopic (exact) mass is 196 g/mol. The van der Waals surface area contributed by atoms with Crippen molar-refractivity contribution in [2.24, 2.45) is 11.7 Å². The van der Waals surface area contributed by atoms with Gasteiger partial charge in [-0.2, -0.15) is 0 Å². The molecule has 2 fully saturated rings. The maximum absolute atomic E-state index is 11.6. The van der Waals surface area contributed by atoms with Gasteiger partial charge in [-0.15, -0.1) is 0 Å². The molecule has 2 aliphatic carbocycles. The van der Waals surface area contributed by atoms with Crippen molar-refractivity contribution in [2.75, 3.05) is 0 Å². The van der Waals surface area contributed by atoms with Gasteiger partial charge in [0.15, 0.2) is 0 Å². The molecule has 0 aromatic rings. The molecule has 0 heterocycles. The average molecular weight is 196 g/mol. The highest BCUT2D eigenvalue weighted by atomic mass is 16.1. The first-order valence-electron chi connectivity index (χ1n) is 5.66. The SMILES string of the molecule is CC1(NC(=O)CC(N)C2CC2)CCC1. The zero-order valence-corrected chi connectivity index (χ0v) is 8.88. The summed E-state index contributed by atoms with van der Waals surface area (Å²) in [6, 6.07) is 0.0960. The second-order valence-corrected chi connectivity index (χ2v) is 5.17. The molecule has 2 rings (SSSR count). The van der Waals surface area contributed by atoms with Crippen LogP contribution >= 0.6 is 0 Å². The van der Waals surface area contributed by atoms with Crippen LogP contribution in [0.1, 0.15) is 45.4 Å². The second kappa shape index (κ2) is 3.54. The van der Waals surface area contributed by atoms with Gasteiger partial charge in [0.05, 0.1) is 0 Å². The third kappa shape index (κ3) is 2.27. The molecule has 0 aromatic carbocycles. The average Bonchev–Trinajstić information content (AvgIpc) is 2.82. The first-order valence-corrected chi connectivity index (χ1v) is 5.66. The standard InChI is InChI=1S/C11H20N2O/c1-11(5-2-6-11)13-10(14)7-9(12)8-3-4-8/h8-9H,2-7,12H2,1H3,(H,13,14). The minimum absolute atomic E-state index is 0.0837. The molecule has 2 saturated carbocycles. The van der Waals surface area contributed by atoms with Crippen molar-refractivity contribution in [1.29, 1.82) is 0 Å². The summed E-state index contributed by atoms with van der Waals surface area (Å²) in [5.74, 6) is 0.765. The van der Waals surface area contributed by atoms with Gasteiger partial charge >= 0.3 is 0 Å². The van der Waals surface area contributed by atoms with Gasteiger partial charge < -0.3 is 11.1 Å². The van der Waals surface area contributed by atoms with Crippen molar-refractivity contribution in [1.82, 2.24) is 5.32 Å². The summed E-state index contributed by atoms with van der Waals surface area (Å²) in [6.45, 7) is 2.12. The molecule has 0 radical (unpaired) electrons. The van der Waals surface area contributed by atoms with Gasteiger partial charge in [0.25, 0.3) is 0 Å². The van der Waals surface area contributed by atoms with E-state index in [2.05, 4.69) is 12.2 Å². The van der Waals surface area contributed by atoms with Gasteiger partial charge in [0.2, 0.25) is 5.91 Å². The lowest BCUT2D eigenvalue weighted by Crippen LogP contribution is -2.52. The molecular weight excluding hydrogens is 176 g/mol. The Morgan fingerprint density at radius 1 is 1.57 bits per heavy atom. The highest BCUT2D eigenvalue weighted by Gasteiger charge is 2.35. The predicted octanol–water partition coefficient (Wildman–Crippen LogP) is 1.17.